The second-order valence-electron chi connectivity index (χ2n) is 4.08. The predicted molar refractivity (Wildman–Crippen MR) is 74.5 cm³/mol. The van der Waals surface area contributed by atoms with Gasteiger partial charge in [-0.25, -0.2) is 4.39 Å². The van der Waals surface area contributed by atoms with Gasteiger partial charge < -0.3 is 14.5 Å². The van der Waals surface area contributed by atoms with E-state index in [4.69, 9.17) is 9.15 Å². The molecule has 0 radical (unpaired) electrons. The van der Waals surface area contributed by atoms with Gasteiger partial charge in [0.1, 0.15) is 11.6 Å². The van der Waals surface area contributed by atoms with Gasteiger partial charge in [-0.1, -0.05) is 11.8 Å². The smallest absolute Gasteiger partial charge is 0.277 e. The molecule has 1 heterocycles. The van der Waals surface area contributed by atoms with Crippen LogP contribution in [-0.4, -0.2) is 28.9 Å². The summed E-state index contributed by atoms with van der Waals surface area (Å²) >= 11 is 1.14. The van der Waals surface area contributed by atoms with Gasteiger partial charge in [0.25, 0.3) is 11.1 Å². The Kier molecular flexibility index (Phi) is 5.15. The van der Waals surface area contributed by atoms with Crippen LogP contribution >= 0.6 is 11.8 Å². The molecule has 0 aliphatic heterocycles. The highest BCUT2D eigenvalue weighted by Gasteiger charge is 2.16. The summed E-state index contributed by atoms with van der Waals surface area (Å²) in [5.74, 6) is 0.530. The lowest BCUT2D eigenvalue weighted by atomic mass is 10.3. The highest BCUT2D eigenvalue weighted by atomic mass is 32.2. The van der Waals surface area contributed by atoms with Crippen LogP contribution < -0.4 is 10.1 Å². The molecule has 0 fully saturated rings. The normalized spacial score (nSPS) is 12.0. The van der Waals surface area contributed by atoms with Crippen LogP contribution in [0.5, 0.6) is 5.75 Å². The highest BCUT2D eigenvalue weighted by molar-refractivity contribution is 7.99. The average molecular weight is 311 g/mol. The molecule has 0 saturated heterocycles. The molecule has 0 unspecified atom stereocenters. The fourth-order valence-electron chi connectivity index (χ4n) is 1.41. The molecule has 21 heavy (non-hydrogen) atoms. The van der Waals surface area contributed by atoms with Crippen LogP contribution in [-0.2, 0) is 4.79 Å². The van der Waals surface area contributed by atoms with E-state index >= 15 is 0 Å². The molecule has 6 nitrogen and oxygen atoms in total. The zero-order valence-electron chi connectivity index (χ0n) is 11.5. The van der Waals surface area contributed by atoms with Gasteiger partial charge in [-0.2, -0.15) is 0 Å². The first-order chi connectivity index (χ1) is 10.1. The molecule has 2 aromatic rings. The van der Waals surface area contributed by atoms with Crippen molar-refractivity contribution in [3.05, 3.63) is 36.0 Å². The van der Waals surface area contributed by atoms with Crippen LogP contribution in [0.3, 0.4) is 0 Å². The average Bonchev–Trinajstić information content (AvgIpc) is 2.96. The Bertz CT molecular complexity index is 603. The van der Waals surface area contributed by atoms with Crippen LogP contribution in [0.1, 0.15) is 18.9 Å². The van der Waals surface area contributed by atoms with Gasteiger partial charge in [0, 0.05) is 7.05 Å². The number of hydrogen-bond acceptors (Lipinski definition) is 6. The van der Waals surface area contributed by atoms with Gasteiger partial charge in [-0.05, 0) is 31.2 Å². The second kappa shape index (κ2) is 7.07. The number of halogens is 1. The lowest BCUT2D eigenvalue weighted by molar-refractivity contribution is -0.118. The van der Waals surface area contributed by atoms with Crippen molar-refractivity contribution >= 4 is 17.7 Å². The van der Waals surface area contributed by atoms with Crippen molar-refractivity contribution in [2.75, 3.05) is 12.8 Å². The van der Waals surface area contributed by atoms with Crippen molar-refractivity contribution in [3.8, 4) is 5.75 Å². The third-order valence-electron chi connectivity index (χ3n) is 2.50. The van der Waals surface area contributed by atoms with Gasteiger partial charge in [-0.3, -0.25) is 4.79 Å². The number of carbonyl (C=O) groups is 1. The maximum absolute atomic E-state index is 12.8. The van der Waals surface area contributed by atoms with E-state index in [1.165, 1.54) is 24.3 Å². The van der Waals surface area contributed by atoms with Gasteiger partial charge in [-0.15, -0.1) is 10.2 Å². The summed E-state index contributed by atoms with van der Waals surface area (Å²) in [7, 11) is 1.56. The second-order valence-corrected chi connectivity index (χ2v) is 5.01. The van der Waals surface area contributed by atoms with Gasteiger partial charge in [0.2, 0.25) is 5.91 Å². The van der Waals surface area contributed by atoms with Crippen molar-refractivity contribution in [2.24, 2.45) is 0 Å². The van der Waals surface area contributed by atoms with Crippen molar-refractivity contribution in [2.45, 2.75) is 18.3 Å². The first-order valence-corrected chi connectivity index (χ1v) is 7.16. The van der Waals surface area contributed by atoms with Gasteiger partial charge in [0.15, 0.2) is 6.10 Å². The molecule has 0 bridgehead atoms. The minimum Gasteiger partial charge on any atom is -0.481 e. The molecule has 8 heteroatoms. The lowest BCUT2D eigenvalue weighted by Gasteiger charge is -2.10. The summed E-state index contributed by atoms with van der Waals surface area (Å²) in [6, 6.07) is 5.65. The number of amides is 1. The van der Waals surface area contributed by atoms with Crippen LogP contribution in [0.15, 0.2) is 33.9 Å². The number of nitrogens with zero attached hydrogens (tertiary/aromatic N) is 2. The quantitative estimate of drug-likeness (QED) is 0.824. The maximum Gasteiger partial charge on any atom is 0.277 e. The molecule has 1 aromatic heterocycles. The summed E-state index contributed by atoms with van der Waals surface area (Å²) < 4.78 is 23.8. The fourth-order valence-corrected chi connectivity index (χ4v) is 2.05. The van der Waals surface area contributed by atoms with E-state index in [2.05, 4.69) is 15.5 Å². The highest BCUT2D eigenvalue weighted by Crippen LogP contribution is 2.23. The van der Waals surface area contributed by atoms with Crippen molar-refractivity contribution < 1.29 is 18.3 Å². The fraction of sp³-hybridized carbons (Fsp3) is 0.308. The van der Waals surface area contributed by atoms with Gasteiger partial charge in [0.05, 0.1) is 5.75 Å². The summed E-state index contributed by atoms with van der Waals surface area (Å²) in [4.78, 5) is 11.1. The molecule has 2 rings (SSSR count). The SMILES string of the molecule is CNC(=O)CSc1nnc([C@@H](C)Oc2ccc(F)cc2)o1. The Hall–Kier alpha value is -2.09. The minimum atomic E-state index is -0.475. The minimum absolute atomic E-state index is 0.129. The van der Waals surface area contributed by atoms with E-state index in [9.17, 15) is 9.18 Å². The van der Waals surface area contributed by atoms with Crippen LogP contribution in [0.2, 0.25) is 0 Å². The molecule has 0 spiro atoms. The van der Waals surface area contributed by atoms with Crippen LogP contribution in [0, 0.1) is 5.82 Å². The Balaban J connectivity index is 1.93. The molecule has 1 N–H and O–H groups in total. The predicted octanol–water partition coefficient (Wildman–Crippen LogP) is 2.19. The van der Waals surface area contributed by atoms with Crippen molar-refractivity contribution in [3.63, 3.8) is 0 Å². The van der Waals surface area contributed by atoms with Crippen molar-refractivity contribution in [1.29, 1.82) is 0 Å². The van der Waals surface area contributed by atoms with Crippen LogP contribution in [0.25, 0.3) is 0 Å². The summed E-state index contributed by atoms with van der Waals surface area (Å²) in [6.07, 6.45) is -0.475. The van der Waals surface area contributed by atoms with E-state index in [0.29, 0.717) is 16.9 Å². The Morgan fingerprint density at radius 1 is 1.43 bits per heavy atom. The molecule has 112 valence electrons. The number of hydrogen-bond donors (Lipinski definition) is 1. The number of aromatic nitrogens is 2. The molecule has 0 aliphatic carbocycles. The monoisotopic (exact) mass is 311 g/mol. The molecule has 1 amide bonds. The Morgan fingerprint density at radius 2 is 2.14 bits per heavy atom. The summed E-state index contributed by atoms with van der Waals surface area (Å²) in [5, 5.41) is 10.5. The standard InChI is InChI=1S/C13H14FN3O3S/c1-8(19-10-5-3-9(14)4-6-10)12-16-17-13(20-12)21-7-11(18)15-2/h3-6,8H,7H2,1-2H3,(H,15,18)/t8-/m1/s1. The summed E-state index contributed by atoms with van der Waals surface area (Å²) in [6.45, 7) is 1.74. The van der Waals surface area contributed by atoms with E-state index in [1.807, 2.05) is 0 Å². The molecule has 1 atom stereocenters. The number of carbonyl (C=O) groups excluding carboxylic acids is 1. The zero-order chi connectivity index (χ0) is 15.2. The number of ether oxygens (including phenoxy) is 1. The summed E-state index contributed by atoms with van der Waals surface area (Å²) in [5.41, 5.74) is 0. The molecule has 0 aliphatic rings. The Morgan fingerprint density at radius 3 is 2.81 bits per heavy atom. The number of nitrogens with one attached hydrogen (secondary N) is 1. The van der Waals surface area contributed by atoms with Crippen molar-refractivity contribution in [1.82, 2.24) is 15.5 Å². The zero-order valence-corrected chi connectivity index (χ0v) is 12.3. The van der Waals surface area contributed by atoms with Gasteiger partial charge >= 0.3 is 0 Å². The third kappa shape index (κ3) is 4.45. The first-order valence-electron chi connectivity index (χ1n) is 6.17. The van der Waals surface area contributed by atoms with E-state index in [1.54, 1.807) is 14.0 Å². The van der Waals surface area contributed by atoms with E-state index in [0.717, 1.165) is 11.8 Å². The third-order valence-corrected chi connectivity index (χ3v) is 3.32. The van der Waals surface area contributed by atoms with E-state index < -0.39 is 6.10 Å². The Labute approximate surface area is 125 Å². The number of thioether (sulfide) groups is 1. The lowest BCUT2D eigenvalue weighted by Crippen LogP contribution is -2.19. The largest absolute Gasteiger partial charge is 0.481 e. The first kappa shape index (κ1) is 15.3. The maximum atomic E-state index is 12.8. The van der Waals surface area contributed by atoms with E-state index in [-0.39, 0.29) is 17.5 Å². The number of benzene rings is 1. The van der Waals surface area contributed by atoms with Crippen LogP contribution in [0.4, 0.5) is 4.39 Å². The molecule has 1 aromatic carbocycles. The topological polar surface area (TPSA) is 77.2 Å². The molecule has 0 saturated carbocycles. The molecular weight excluding hydrogens is 297 g/mol. The number of rotatable bonds is 6. The molecular formula is C13H14FN3O3S.